The number of amides is 1. The number of hydrogen-bond donors (Lipinski definition) is 1. The normalized spacial score (nSPS) is 21.5. The first-order valence-corrected chi connectivity index (χ1v) is 8.65. The maximum atomic E-state index is 14.2. The fraction of sp³-hybridized carbons (Fsp3) is 0.556. The van der Waals surface area contributed by atoms with Crippen molar-refractivity contribution in [2.24, 2.45) is 5.10 Å². The number of likely N-dealkylation sites (tertiary alicyclic amines) is 1. The van der Waals surface area contributed by atoms with E-state index in [0.717, 1.165) is 19.5 Å². The van der Waals surface area contributed by atoms with Crippen molar-refractivity contribution in [3.63, 3.8) is 0 Å². The molecule has 1 atom stereocenters. The molecular formula is C18H24FN3O2. The molecule has 1 aromatic rings. The van der Waals surface area contributed by atoms with Crippen molar-refractivity contribution < 1.29 is 13.9 Å². The SMILES string of the molecule is CC1CCCN1CCCOc1ccc(C2=NNC(=O)CC2)cc1F. The Bertz CT molecular complexity index is 633. The summed E-state index contributed by atoms with van der Waals surface area (Å²) in [5, 5.41) is 3.98. The van der Waals surface area contributed by atoms with Crippen LogP contribution in [0.4, 0.5) is 4.39 Å². The second-order valence-electron chi connectivity index (χ2n) is 6.47. The molecule has 0 spiro atoms. The molecule has 0 radical (unpaired) electrons. The second kappa shape index (κ2) is 7.75. The molecule has 1 aromatic carbocycles. The van der Waals surface area contributed by atoms with E-state index < -0.39 is 0 Å². The van der Waals surface area contributed by atoms with E-state index in [-0.39, 0.29) is 17.5 Å². The minimum atomic E-state index is -0.387. The number of carbonyl (C=O) groups is 1. The number of halogens is 1. The van der Waals surface area contributed by atoms with Crippen LogP contribution in [0.3, 0.4) is 0 Å². The average molecular weight is 333 g/mol. The van der Waals surface area contributed by atoms with Gasteiger partial charge in [-0.3, -0.25) is 4.79 Å². The molecular weight excluding hydrogens is 309 g/mol. The largest absolute Gasteiger partial charge is 0.490 e. The Hall–Kier alpha value is -1.95. The van der Waals surface area contributed by atoms with Crippen LogP contribution < -0.4 is 10.2 Å². The minimum absolute atomic E-state index is 0.105. The standard InChI is InChI=1S/C18H24FN3O2/c1-13-4-2-9-22(13)10-3-11-24-17-7-5-14(12-15(17)19)16-6-8-18(23)21-20-16/h5,7,12-13H,2-4,6,8-11H2,1H3,(H,21,23). The fourth-order valence-corrected chi connectivity index (χ4v) is 3.25. The molecule has 1 amide bonds. The Morgan fingerprint density at radius 1 is 1.42 bits per heavy atom. The van der Waals surface area contributed by atoms with Gasteiger partial charge in [-0.2, -0.15) is 5.10 Å². The predicted octanol–water partition coefficient (Wildman–Crippen LogP) is 2.69. The highest BCUT2D eigenvalue weighted by Crippen LogP contribution is 2.21. The van der Waals surface area contributed by atoms with Gasteiger partial charge in [0.25, 0.3) is 0 Å². The highest BCUT2D eigenvalue weighted by Gasteiger charge is 2.19. The number of hydrazone groups is 1. The van der Waals surface area contributed by atoms with Crippen LogP contribution in [0.5, 0.6) is 5.75 Å². The van der Waals surface area contributed by atoms with Crippen molar-refractivity contribution in [2.45, 2.75) is 45.1 Å². The van der Waals surface area contributed by atoms with Gasteiger partial charge in [-0.15, -0.1) is 0 Å². The first kappa shape index (κ1) is 16.9. The molecule has 24 heavy (non-hydrogen) atoms. The van der Waals surface area contributed by atoms with Gasteiger partial charge in [0.1, 0.15) is 0 Å². The van der Waals surface area contributed by atoms with E-state index in [1.54, 1.807) is 12.1 Å². The smallest absolute Gasteiger partial charge is 0.240 e. The molecule has 0 aliphatic carbocycles. The van der Waals surface area contributed by atoms with Crippen molar-refractivity contribution in [3.8, 4) is 5.75 Å². The van der Waals surface area contributed by atoms with Gasteiger partial charge >= 0.3 is 0 Å². The molecule has 2 aliphatic heterocycles. The first-order chi connectivity index (χ1) is 11.6. The van der Waals surface area contributed by atoms with Crippen molar-refractivity contribution >= 4 is 11.6 Å². The van der Waals surface area contributed by atoms with Crippen LogP contribution in [0.25, 0.3) is 0 Å². The number of carbonyl (C=O) groups excluding carboxylic acids is 1. The van der Waals surface area contributed by atoms with E-state index in [4.69, 9.17) is 4.74 Å². The lowest BCUT2D eigenvalue weighted by Crippen LogP contribution is -2.28. The average Bonchev–Trinajstić information content (AvgIpc) is 2.98. The number of nitrogens with one attached hydrogen (secondary N) is 1. The summed E-state index contributed by atoms with van der Waals surface area (Å²) < 4.78 is 19.8. The van der Waals surface area contributed by atoms with Crippen LogP contribution in [0.1, 0.15) is 44.6 Å². The van der Waals surface area contributed by atoms with Gasteiger partial charge in [0.2, 0.25) is 5.91 Å². The predicted molar refractivity (Wildman–Crippen MR) is 90.7 cm³/mol. The summed E-state index contributed by atoms with van der Waals surface area (Å²) in [5.41, 5.74) is 3.81. The number of hydrogen-bond acceptors (Lipinski definition) is 4. The zero-order valence-electron chi connectivity index (χ0n) is 14.1. The Morgan fingerprint density at radius 3 is 2.96 bits per heavy atom. The zero-order valence-corrected chi connectivity index (χ0v) is 14.1. The molecule has 0 aromatic heterocycles. The summed E-state index contributed by atoms with van der Waals surface area (Å²) in [4.78, 5) is 13.6. The van der Waals surface area contributed by atoms with Crippen LogP contribution >= 0.6 is 0 Å². The molecule has 2 heterocycles. The van der Waals surface area contributed by atoms with Crippen molar-refractivity contribution in [1.29, 1.82) is 0 Å². The summed E-state index contributed by atoms with van der Waals surface area (Å²) in [6.45, 7) is 4.92. The summed E-state index contributed by atoms with van der Waals surface area (Å²) in [6, 6.07) is 5.51. The number of rotatable bonds is 6. The number of ether oxygens (including phenoxy) is 1. The molecule has 0 bridgehead atoms. The molecule has 1 unspecified atom stereocenters. The monoisotopic (exact) mass is 333 g/mol. The van der Waals surface area contributed by atoms with Crippen LogP contribution in [0.15, 0.2) is 23.3 Å². The summed E-state index contributed by atoms with van der Waals surface area (Å²) >= 11 is 0. The van der Waals surface area contributed by atoms with Gasteiger partial charge in [-0.1, -0.05) is 0 Å². The molecule has 0 saturated carbocycles. The van der Waals surface area contributed by atoms with Crippen LogP contribution in [-0.4, -0.2) is 42.3 Å². The lowest BCUT2D eigenvalue weighted by Gasteiger charge is -2.20. The molecule has 6 heteroatoms. The Balaban J connectivity index is 1.50. The van der Waals surface area contributed by atoms with E-state index >= 15 is 0 Å². The molecule has 1 N–H and O–H groups in total. The van der Waals surface area contributed by atoms with E-state index in [2.05, 4.69) is 22.4 Å². The molecule has 130 valence electrons. The quantitative estimate of drug-likeness (QED) is 0.815. The van der Waals surface area contributed by atoms with Crippen molar-refractivity contribution in [1.82, 2.24) is 10.3 Å². The maximum absolute atomic E-state index is 14.2. The van der Waals surface area contributed by atoms with Gasteiger partial charge in [0.05, 0.1) is 12.3 Å². The summed E-state index contributed by atoms with van der Waals surface area (Å²) in [6.07, 6.45) is 4.33. The van der Waals surface area contributed by atoms with Gasteiger partial charge in [-0.05, 0) is 50.9 Å². The lowest BCUT2D eigenvalue weighted by atomic mass is 10.0. The van der Waals surface area contributed by atoms with E-state index in [1.165, 1.54) is 18.9 Å². The second-order valence-corrected chi connectivity index (χ2v) is 6.47. The molecule has 2 aliphatic rings. The van der Waals surface area contributed by atoms with Crippen LogP contribution in [0.2, 0.25) is 0 Å². The first-order valence-electron chi connectivity index (χ1n) is 8.65. The molecule has 1 fully saturated rings. The zero-order chi connectivity index (χ0) is 16.9. The van der Waals surface area contributed by atoms with E-state index in [0.29, 0.717) is 36.8 Å². The van der Waals surface area contributed by atoms with Crippen LogP contribution in [0, 0.1) is 5.82 Å². The fourth-order valence-electron chi connectivity index (χ4n) is 3.25. The summed E-state index contributed by atoms with van der Waals surface area (Å²) in [5.74, 6) is -0.221. The van der Waals surface area contributed by atoms with Gasteiger partial charge in [0.15, 0.2) is 11.6 Å². The van der Waals surface area contributed by atoms with Gasteiger partial charge in [0, 0.05) is 31.0 Å². The molecule has 1 saturated heterocycles. The van der Waals surface area contributed by atoms with E-state index in [1.807, 2.05) is 0 Å². The lowest BCUT2D eigenvalue weighted by molar-refractivity contribution is -0.121. The van der Waals surface area contributed by atoms with E-state index in [9.17, 15) is 9.18 Å². The summed E-state index contributed by atoms with van der Waals surface area (Å²) in [7, 11) is 0. The van der Waals surface area contributed by atoms with Crippen molar-refractivity contribution in [3.05, 3.63) is 29.6 Å². The highest BCUT2D eigenvalue weighted by molar-refractivity contribution is 6.04. The van der Waals surface area contributed by atoms with Crippen molar-refractivity contribution in [2.75, 3.05) is 19.7 Å². The third-order valence-corrected chi connectivity index (χ3v) is 4.71. The molecule has 3 rings (SSSR count). The topological polar surface area (TPSA) is 53.9 Å². The molecule has 5 nitrogen and oxygen atoms in total. The Kier molecular flexibility index (Phi) is 5.45. The number of nitrogens with zero attached hydrogens (tertiary/aromatic N) is 2. The van der Waals surface area contributed by atoms with Gasteiger partial charge in [-0.25, -0.2) is 9.82 Å². The number of benzene rings is 1. The third kappa shape index (κ3) is 4.12. The maximum Gasteiger partial charge on any atom is 0.240 e. The Morgan fingerprint density at radius 2 is 2.29 bits per heavy atom. The van der Waals surface area contributed by atoms with Crippen LogP contribution in [-0.2, 0) is 4.79 Å². The Labute approximate surface area is 141 Å². The van der Waals surface area contributed by atoms with Gasteiger partial charge < -0.3 is 9.64 Å². The third-order valence-electron chi connectivity index (χ3n) is 4.71. The highest BCUT2D eigenvalue weighted by atomic mass is 19.1. The minimum Gasteiger partial charge on any atom is -0.490 e.